The van der Waals surface area contributed by atoms with Crippen molar-refractivity contribution in [1.82, 2.24) is 0 Å². The van der Waals surface area contributed by atoms with E-state index in [2.05, 4.69) is 20.3 Å². The highest BCUT2D eigenvalue weighted by molar-refractivity contribution is 9.10. The third-order valence-electron chi connectivity index (χ3n) is 4.07. The van der Waals surface area contributed by atoms with E-state index < -0.39 is 11.4 Å². The Morgan fingerprint density at radius 3 is 2.78 bits per heavy atom. The van der Waals surface area contributed by atoms with E-state index in [0.717, 1.165) is 40.9 Å². The summed E-state index contributed by atoms with van der Waals surface area (Å²) in [6.07, 6.45) is 2.55. The zero-order chi connectivity index (χ0) is 16.7. The summed E-state index contributed by atoms with van der Waals surface area (Å²) >= 11 is 2.21. The molecule has 3 rings (SSSR count). The van der Waals surface area contributed by atoms with Gasteiger partial charge < -0.3 is 14.0 Å². The van der Waals surface area contributed by atoms with Crippen LogP contribution in [0.4, 0.5) is 0 Å². The molecule has 4 nitrogen and oxygen atoms in total. The third kappa shape index (κ3) is 3.76. The SMILES string of the molecule is CC(C)(C)[S@@+]([O-])/N=C1\CC2(CCCOC2)Oc2ccc(Br)cc21. The van der Waals surface area contributed by atoms with E-state index in [1.807, 2.05) is 39.0 Å². The minimum absolute atomic E-state index is 0.375. The molecule has 0 saturated carbocycles. The highest BCUT2D eigenvalue weighted by Crippen LogP contribution is 2.40. The van der Waals surface area contributed by atoms with Crippen LogP contribution in [0.2, 0.25) is 0 Å². The number of hydrogen-bond acceptors (Lipinski definition) is 4. The molecule has 1 fully saturated rings. The van der Waals surface area contributed by atoms with Gasteiger partial charge in [0.15, 0.2) is 0 Å². The van der Waals surface area contributed by atoms with Crippen LogP contribution in [0.1, 0.15) is 45.6 Å². The molecule has 6 heteroatoms. The van der Waals surface area contributed by atoms with E-state index in [1.54, 1.807) is 0 Å². The van der Waals surface area contributed by atoms with Gasteiger partial charge in [-0.2, -0.15) is 0 Å². The molecule has 2 heterocycles. The molecule has 23 heavy (non-hydrogen) atoms. The average Bonchev–Trinajstić information content (AvgIpc) is 2.48. The summed E-state index contributed by atoms with van der Waals surface area (Å²) < 4.78 is 29.6. The number of rotatable bonds is 1. The molecule has 1 spiro atoms. The molecule has 0 N–H and O–H groups in total. The first kappa shape index (κ1) is 17.3. The smallest absolute Gasteiger partial charge is 0.144 e. The van der Waals surface area contributed by atoms with E-state index >= 15 is 0 Å². The summed E-state index contributed by atoms with van der Waals surface area (Å²) in [6, 6.07) is 5.90. The second-order valence-electron chi connectivity index (χ2n) is 7.16. The van der Waals surface area contributed by atoms with Gasteiger partial charge in [-0.15, -0.1) is 0 Å². The molecular weight excluding hydrogens is 378 g/mol. The lowest BCUT2D eigenvalue weighted by molar-refractivity contribution is -0.0661. The zero-order valence-electron chi connectivity index (χ0n) is 13.7. The maximum absolute atomic E-state index is 12.5. The second-order valence-corrected chi connectivity index (χ2v) is 9.98. The van der Waals surface area contributed by atoms with Crippen LogP contribution in [0.3, 0.4) is 0 Å². The van der Waals surface area contributed by atoms with Crippen LogP contribution < -0.4 is 4.74 Å². The minimum atomic E-state index is -1.29. The Labute approximate surface area is 149 Å². The fourth-order valence-corrected chi connectivity index (χ4v) is 3.85. The Morgan fingerprint density at radius 1 is 1.35 bits per heavy atom. The first-order valence-corrected chi connectivity index (χ1v) is 9.75. The van der Waals surface area contributed by atoms with Crippen molar-refractivity contribution >= 4 is 33.0 Å². The molecule has 1 aromatic rings. The first-order valence-electron chi connectivity index (χ1n) is 7.85. The molecule has 1 aromatic carbocycles. The summed E-state index contributed by atoms with van der Waals surface area (Å²) in [4.78, 5) is 0. The molecule has 2 atom stereocenters. The van der Waals surface area contributed by atoms with Crippen LogP contribution in [0.25, 0.3) is 0 Å². The molecule has 126 valence electrons. The van der Waals surface area contributed by atoms with Crippen molar-refractivity contribution in [3.05, 3.63) is 28.2 Å². The predicted octanol–water partition coefficient (Wildman–Crippen LogP) is 4.03. The van der Waals surface area contributed by atoms with Gasteiger partial charge in [-0.1, -0.05) is 20.3 Å². The first-order chi connectivity index (χ1) is 10.8. The Bertz CT molecular complexity index is 621. The Hall–Kier alpha value is -0.560. The number of halogens is 1. The maximum atomic E-state index is 12.5. The summed E-state index contributed by atoms with van der Waals surface area (Å²) in [6.45, 7) is 7.15. The topological polar surface area (TPSA) is 53.9 Å². The van der Waals surface area contributed by atoms with Crippen molar-refractivity contribution in [3.63, 3.8) is 0 Å². The summed E-state index contributed by atoms with van der Waals surface area (Å²) in [5.41, 5.74) is 1.40. The van der Waals surface area contributed by atoms with Gasteiger partial charge in [0, 0.05) is 23.1 Å². The van der Waals surface area contributed by atoms with Crippen molar-refractivity contribution in [2.45, 2.75) is 50.4 Å². The monoisotopic (exact) mass is 399 g/mol. The predicted molar refractivity (Wildman–Crippen MR) is 96.6 cm³/mol. The summed E-state index contributed by atoms with van der Waals surface area (Å²) in [5.74, 6) is 0.801. The molecule has 2 aliphatic rings. The molecule has 0 amide bonds. The Morgan fingerprint density at radius 2 is 2.13 bits per heavy atom. The normalized spacial score (nSPS) is 27.6. The molecule has 2 aliphatic heterocycles. The van der Waals surface area contributed by atoms with Crippen LogP contribution >= 0.6 is 15.9 Å². The standard InChI is InChI=1S/C17H22BrNO3S/c1-16(2,3)23(20)19-14-10-17(7-4-8-21-11-17)22-15-6-5-12(18)9-13(14)15/h5-6,9H,4,7-8,10-11H2,1-3H3/b19-14+/t17?,23-/m1/s1. The van der Waals surface area contributed by atoms with Gasteiger partial charge in [0.25, 0.3) is 0 Å². The van der Waals surface area contributed by atoms with E-state index in [4.69, 9.17) is 9.47 Å². The third-order valence-corrected chi connectivity index (χ3v) is 6.00. The fourth-order valence-electron chi connectivity index (χ4n) is 2.85. The maximum Gasteiger partial charge on any atom is 0.144 e. The Kier molecular flexibility index (Phi) is 4.80. The van der Waals surface area contributed by atoms with E-state index in [9.17, 15) is 4.55 Å². The largest absolute Gasteiger partial charge is 0.591 e. The number of nitrogens with zero attached hydrogens (tertiary/aromatic N) is 1. The van der Waals surface area contributed by atoms with Crippen molar-refractivity contribution < 1.29 is 14.0 Å². The molecular formula is C17H22BrNO3S. The van der Waals surface area contributed by atoms with Crippen molar-refractivity contribution in [3.8, 4) is 5.75 Å². The molecule has 0 aliphatic carbocycles. The van der Waals surface area contributed by atoms with Gasteiger partial charge in [0.2, 0.25) is 0 Å². The van der Waals surface area contributed by atoms with E-state index in [0.29, 0.717) is 13.0 Å². The lowest BCUT2D eigenvalue weighted by atomic mass is 9.85. The van der Waals surface area contributed by atoms with Gasteiger partial charge in [0.1, 0.15) is 33.2 Å². The average molecular weight is 400 g/mol. The van der Waals surface area contributed by atoms with E-state index in [-0.39, 0.29) is 10.3 Å². The molecule has 0 radical (unpaired) electrons. The summed E-state index contributed by atoms with van der Waals surface area (Å²) in [7, 11) is 0. The lowest BCUT2D eigenvalue weighted by Crippen LogP contribution is -2.49. The molecule has 1 saturated heterocycles. The molecule has 0 aromatic heterocycles. The van der Waals surface area contributed by atoms with Crippen molar-refractivity contribution in [1.29, 1.82) is 0 Å². The van der Waals surface area contributed by atoms with Crippen LogP contribution in [0.5, 0.6) is 5.75 Å². The second kappa shape index (κ2) is 6.39. The number of fused-ring (bicyclic) bond motifs is 1. The van der Waals surface area contributed by atoms with Crippen LogP contribution in [-0.2, 0) is 16.1 Å². The van der Waals surface area contributed by atoms with Gasteiger partial charge in [-0.25, -0.2) is 0 Å². The molecule has 0 bridgehead atoms. The Balaban J connectivity index is 2.02. The lowest BCUT2D eigenvalue weighted by Gasteiger charge is -2.41. The van der Waals surface area contributed by atoms with Crippen LogP contribution in [0.15, 0.2) is 27.1 Å². The van der Waals surface area contributed by atoms with Gasteiger partial charge >= 0.3 is 0 Å². The number of ether oxygens (including phenoxy) is 2. The van der Waals surface area contributed by atoms with Gasteiger partial charge in [0.05, 0.1) is 6.61 Å². The summed E-state index contributed by atoms with van der Waals surface area (Å²) in [5, 5.41) is 0. The minimum Gasteiger partial charge on any atom is -0.591 e. The molecule has 1 unspecified atom stereocenters. The van der Waals surface area contributed by atoms with Crippen molar-refractivity contribution in [2.75, 3.05) is 13.2 Å². The zero-order valence-corrected chi connectivity index (χ0v) is 16.1. The van der Waals surface area contributed by atoms with E-state index in [1.165, 1.54) is 0 Å². The highest BCUT2D eigenvalue weighted by Gasteiger charge is 2.42. The van der Waals surface area contributed by atoms with Gasteiger partial charge in [-0.3, -0.25) is 0 Å². The highest BCUT2D eigenvalue weighted by atomic mass is 79.9. The number of benzene rings is 1. The van der Waals surface area contributed by atoms with Crippen LogP contribution in [-0.4, -0.2) is 33.8 Å². The number of hydrogen-bond donors (Lipinski definition) is 0. The van der Waals surface area contributed by atoms with Crippen molar-refractivity contribution in [2.24, 2.45) is 4.40 Å². The van der Waals surface area contributed by atoms with Gasteiger partial charge in [-0.05, 0) is 51.8 Å². The quantitative estimate of drug-likeness (QED) is 0.669. The van der Waals surface area contributed by atoms with Crippen LogP contribution in [0, 0.1) is 0 Å². The fraction of sp³-hybridized carbons (Fsp3) is 0.588.